The van der Waals surface area contributed by atoms with Gasteiger partial charge in [-0.05, 0) is 37.0 Å². The van der Waals surface area contributed by atoms with Crippen molar-refractivity contribution in [2.75, 3.05) is 0 Å². The van der Waals surface area contributed by atoms with E-state index >= 15 is 0 Å². The van der Waals surface area contributed by atoms with Gasteiger partial charge in [0.1, 0.15) is 0 Å². The lowest BCUT2D eigenvalue weighted by Crippen LogP contribution is -2.42. The van der Waals surface area contributed by atoms with Crippen molar-refractivity contribution < 1.29 is 0 Å². The largest absolute Gasteiger partial charge is 0.0654 e. The highest BCUT2D eigenvalue weighted by Gasteiger charge is 2.47. The molecule has 0 aromatic carbocycles. The smallest absolute Gasteiger partial charge is 0.0292 e. The summed E-state index contributed by atoms with van der Waals surface area (Å²) < 4.78 is 0. The molecule has 17 heavy (non-hydrogen) atoms. The summed E-state index contributed by atoms with van der Waals surface area (Å²) in [4.78, 5) is 0. The molecule has 100 valence electrons. The van der Waals surface area contributed by atoms with Crippen molar-refractivity contribution in [3.8, 4) is 0 Å². The maximum absolute atomic E-state index is 2.30. The van der Waals surface area contributed by atoms with E-state index in [9.17, 15) is 0 Å². The summed E-state index contributed by atoms with van der Waals surface area (Å²) in [6.07, 6.45) is 21.2. The maximum Gasteiger partial charge on any atom is -0.0292 e. The average Bonchev–Trinajstić information content (AvgIpc) is 2.22. The molecular formula is C17H32. The Hall–Kier alpha value is 0. The fourth-order valence-electron chi connectivity index (χ4n) is 4.02. The highest BCUT2D eigenvalue weighted by atomic mass is 14.5. The summed E-state index contributed by atoms with van der Waals surface area (Å²) in [6.45, 7) is 2.30. The first kappa shape index (κ1) is 13.4. The van der Waals surface area contributed by atoms with E-state index in [1.165, 1.54) is 57.8 Å². The molecule has 0 saturated heterocycles. The molecule has 0 heteroatoms. The monoisotopic (exact) mass is 236 g/mol. The number of hydrogen-bond acceptors (Lipinski definition) is 0. The van der Waals surface area contributed by atoms with Crippen LogP contribution in [0.1, 0.15) is 96.8 Å². The fourth-order valence-corrected chi connectivity index (χ4v) is 4.02. The van der Waals surface area contributed by atoms with E-state index in [2.05, 4.69) is 6.92 Å². The predicted molar refractivity (Wildman–Crippen MR) is 76.2 cm³/mol. The Morgan fingerprint density at radius 2 is 1.41 bits per heavy atom. The van der Waals surface area contributed by atoms with Crippen LogP contribution in [0.15, 0.2) is 0 Å². The highest BCUT2D eigenvalue weighted by molar-refractivity contribution is 4.98. The van der Waals surface area contributed by atoms with Crippen LogP contribution in [0.2, 0.25) is 0 Å². The number of unbranched alkanes of at least 4 members (excludes halogenated alkanes) is 7. The zero-order valence-electron chi connectivity index (χ0n) is 12.0. The van der Waals surface area contributed by atoms with E-state index in [0.717, 1.165) is 11.3 Å². The molecule has 2 fully saturated rings. The lowest BCUT2D eigenvalue weighted by atomic mass is 9.51. The van der Waals surface area contributed by atoms with Crippen LogP contribution in [0, 0.1) is 11.3 Å². The summed E-state index contributed by atoms with van der Waals surface area (Å²) in [5, 5.41) is 0. The zero-order chi connectivity index (χ0) is 12.0. The molecule has 0 heterocycles. The Kier molecular flexibility index (Phi) is 5.38. The molecule has 2 saturated carbocycles. The van der Waals surface area contributed by atoms with E-state index < -0.39 is 0 Å². The van der Waals surface area contributed by atoms with Gasteiger partial charge in [-0.15, -0.1) is 0 Å². The summed E-state index contributed by atoms with van der Waals surface area (Å²) in [6, 6.07) is 0. The summed E-state index contributed by atoms with van der Waals surface area (Å²) in [5.41, 5.74) is 0.908. The van der Waals surface area contributed by atoms with E-state index in [0.29, 0.717) is 0 Å². The number of rotatable bonds is 9. The molecule has 2 rings (SSSR count). The van der Waals surface area contributed by atoms with Gasteiger partial charge in [-0.2, -0.15) is 0 Å². The summed E-state index contributed by atoms with van der Waals surface area (Å²) in [7, 11) is 0. The Bertz CT molecular complexity index is 194. The highest BCUT2D eigenvalue weighted by Crippen LogP contribution is 2.59. The van der Waals surface area contributed by atoms with Crippen LogP contribution in [0.4, 0.5) is 0 Å². The third kappa shape index (κ3) is 4.00. The molecule has 0 aromatic rings. The normalized spacial score (nSPS) is 22.4. The maximum atomic E-state index is 2.30. The fraction of sp³-hybridized carbons (Fsp3) is 1.00. The zero-order valence-corrected chi connectivity index (χ0v) is 12.0. The van der Waals surface area contributed by atoms with Gasteiger partial charge in [-0.1, -0.05) is 71.1 Å². The van der Waals surface area contributed by atoms with Gasteiger partial charge in [0.05, 0.1) is 0 Å². The Morgan fingerprint density at radius 3 is 1.94 bits per heavy atom. The van der Waals surface area contributed by atoms with E-state index in [1.807, 2.05) is 0 Å². The van der Waals surface area contributed by atoms with Gasteiger partial charge in [0, 0.05) is 0 Å². The van der Waals surface area contributed by atoms with Crippen LogP contribution in [-0.2, 0) is 0 Å². The average molecular weight is 236 g/mol. The molecule has 0 nitrogen and oxygen atoms in total. The minimum Gasteiger partial charge on any atom is -0.0654 e. The van der Waals surface area contributed by atoms with Gasteiger partial charge in [-0.3, -0.25) is 0 Å². The van der Waals surface area contributed by atoms with Crippen molar-refractivity contribution in [3.63, 3.8) is 0 Å². The van der Waals surface area contributed by atoms with Crippen molar-refractivity contribution >= 4 is 0 Å². The minimum absolute atomic E-state index is 0.908. The second-order valence-electron chi connectivity index (χ2n) is 6.89. The molecule has 0 aromatic heterocycles. The van der Waals surface area contributed by atoms with Gasteiger partial charge >= 0.3 is 0 Å². The summed E-state index contributed by atoms with van der Waals surface area (Å²) >= 11 is 0. The second-order valence-corrected chi connectivity index (χ2v) is 6.89. The van der Waals surface area contributed by atoms with Crippen LogP contribution in [0.5, 0.6) is 0 Å². The second kappa shape index (κ2) is 6.81. The lowest BCUT2D eigenvalue weighted by molar-refractivity contribution is -0.0285. The quantitative estimate of drug-likeness (QED) is 0.424. The Labute approximate surface area is 109 Å². The first-order valence-electron chi connectivity index (χ1n) is 8.35. The Balaban J connectivity index is 1.33. The minimum atomic E-state index is 0.908. The van der Waals surface area contributed by atoms with Crippen molar-refractivity contribution in [3.05, 3.63) is 0 Å². The Morgan fingerprint density at radius 1 is 0.824 bits per heavy atom. The molecule has 0 amide bonds. The van der Waals surface area contributed by atoms with E-state index in [4.69, 9.17) is 0 Å². The molecule has 0 atom stereocenters. The molecule has 2 aliphatic carbocycles. The lowest BCUT2D eigenvalue weighted by Gasteiger charge is -2.54. The van der Waals surface area contributed by atoms with Gasteiger partial charge in [0.15, 0.2) is 0 Å². The van der Waals surface area contributed by atoms with Gasteiger partial charge in [-0.25, -0.2) is 0 Å². The molecule has 1 spiro atoms. The molecule has 0 unspecified atom stereocenters. The van der Waals surface area contributed by atoms with Crippen LogP contribution in [-0.4, -0.2) is 0 Å². The van der Waals surface area contributed by atoms with Crippen molar-refractivity contribution in [1.29, 1.82) is 0 Å². The topological polar surface area (TPSA) is 0 Å². The van der Waals surface area contributed by atoms with Crippen molar-refractivity contribution in [1.82, 2.24) is 0 Å². The van der Waals surface area contributed by atoms with Crippen LogP contribution < -0.4 is 0 Å². The van der Waals surface area contributed by atoms with Crippen molar-refractivity contribution in [2.24, 2.45) is 11.3 Å². The molecule has 0 N–H and O–H groups in total. The number of hydrogen-bond donors (Lipinski definition) is 0. The van der Waals surface area contributed by atoms with E-state index in [1.54, 1.807) is 32.1 Å². The van der Waals surface area contributed by atoms with Gasteiger partial charge in [0.25, 0.3) is 0 Å². The predicted octanol–water partition coefficient (Wildman–Crippen LogP) is 6.10. The third-order valence-corrected chi connectivity index (χ3v) is 5.32. The summed E-state index contributed by atoms with van der Waals surface area (Å²) in [5.74, 6) is 1.13. The van der Waals surface area contributed by atoms with Crippen LogP contribution in [0.3, 0.4) is 0 Å². The standard InChI is InChI=1S/C17H32/c1-2-3-4-5-6-7-8-9-11-16-14-17(15-16)12-10-13-17/h16H,2-15H2,1H3. The van der Waals surface area contributed by atoms with Gasteiger partial charge < -0.3 is 0 Å². The first-order valence-corrected chi connectivity index (χ1v) is 8.35. The van der Waals surface area contributed by atoms with Crippen LogP contribution in [0.25, 0.3) is 0 Å². The molecule has 0 aliphatic heterocycles. The molecular weight excluding hydrogens is 204 g/mol. The first-order chi connectivity index (χ1) is 8.35. The van der Waals surface area contributed by atoms with Crippen LogP contribution >= 0.6 is 0 Å². The SMILES string of the molecule is CCCCCCCCCCC1CC2(CCC2)C1. The third-order valence-electron chi connectivity index (χ3n) is 5.32. The molecule has 2 aliphatic rings. The van der Waals surface area contributed by atoms with Gasteiger partial charge in [0.2, 0.25) is 0 Å². The van der Waals surface area contributed by atoms with E-state index in [-0.39, 0.29) is 0 Å². The molecule has 0 radical (unpaired) electrons. The van der Waals surface area contributed by atoms with Crippen molar-refractivity contribution in [2.45, 2.75) is 96.8 Å². The molecule has 0 bridgehead atoms.